The van der Waals surface area contributed by atoms with Crippen LogP contribution in [0.3, 0.4) is 0 Å². The quantitative estimate of drug-likeness (QED) is 0.113. The fourth-order valence-electron chi connectivity index (χ4n) is 4.46. The first-order valence-electron chi connectivity index (χ1n) is 13.3. The van der Waals surface area contributed by atoms with Gasteiger partial charge in [0, 0.05) is 30.1 Å². The van der Waals surface area contributed by atoms with Gasteiger partial charge in [-0.25, -0.2) is 8.78 Å². The molecule has 8 nitrogen and oxygen atoms in total. The van der Waals surface area contributed by atoms with Gasteiger partial charge in [-0.2, -0.15) is 0 Å². The third-order valence-corrected chi connectivity index (χ3v) is 6.74. The van der Waals surface area contributed by atoms with Crippen LogP contribution in [-0.2, 0) is 22.6 Å². The number of rotatable bonds is 15. The summed E-state index contributed by atoms with van der Waals surface area (Å²) >= 11 is 5.79. The summed E-state index contributed by atoms with van der Waals surface area (Å²) < 4.78 is 39.6. The number of hydrogen-bond donors (Lipinski definition) is 2. The Hall–Kier alpha value is -4.44. The molecule has 2 heterocycles. The van der Waals surface area contributed by atoms with E-state index in [-0.39, 0.29) is 30.3 Å². The topological polar surface area (TPSA) is 111 Å². The number of hydrogen-bond acceptors (Lipinski definition) is 5. The first-order chi connectivity index (χ1) is 20.2. The van der Waals surface area contributed by atoms with Crippen LogP contribution in [0.1, 0.15) is 42.5 Å². The predicted molar refractivity (Wildman–Crippen MR) is 155 cm³/mol. The van der Waals surface area contributed by atoms with Gasteiger partial charge in [0.2, 0.25) is 0 Å². The predicted octanol–water partition coefficient (Wildman–Crippen LogP) is 6.87. The van der Waals surface area contributed by atoms with Crippen molar-refractivity contribution in [3.8, 4) is 11.5 Å². The second-order valence-corrected chi connectivity index (χ2v) is 9.90. The summed E-state index contributed by atoms with van der Waals surface area (Å²) in [6.45, 7) is 0.400. The third kappa shape index (κ3) is 8.29. The minimum absolute atomic E-state index is 0.0366. The zero-order valence-corrected chi connectivity index (χ0v) is 23.3. The van der Waals surface area contributed by atoms with Crippen molar-refractivity contribution >= 4 is 46.6 Å². The second-order valence-electron chi connectivity index (χ2n) is 9.52. The highest BCUT2D eigenvalue weighted by atomic mass is 35.5. The van der Waals surface area contributed by atoms with Crippen LogP contribution in [0, 0.1) is 11.6 Å². The number of carbonyl (C=O) groups is 2. The van der Waals surface area contributed by atoms with Crippen molar-refractivity contribution in [2.75, 3.05) is 13.2 Å². The smallest absolute Gasteiger partial charge is 0.323 e. The molecule has 2 aromatic heterocycles. The van der Waals surface area contributed by atoms with E-state index in [9.17, 15) is 23.5 Å². The summed E-state index contributed by atoms with van der Waals surface area (Å²) in [4.78, 5) is 26.8. The molecule has 0 amide bonds. The summed E-state index contributed by atoms with van der Waals surface area (Å²) in [6.07, 6.45) is 9.30. The van der Waals surface area contributed by atoms with Crippen molar-refractivity contribution in [3.05, 3.63) is 88.3 Å². The van der Waals surface area contributed by atoms with Crippen LogP contribution in [0.5, 0.6) is 11.5 Å². The molecule has 0 aliphatic heterocycles. The maximum Gasteiger partial charge on any atom is 0.323 e. The van der Waals surface area contributed by atoms with E-state index in [0.29, 0.717) is 49.8 Å². The van der Waals surface area contributed by atoms with Crippen molar-refractivity contribution in [3.63, 3.8) is 0 Å². The first kappa shape index (κ1) is 30.5. The zero-order valence-electron chi connectivity index (χ0n) is 22.6. The van der Waals surface area contributed by atoms with Crippen LogP contribution in [0.2, 0.25) is 5.02 Å². The molecule has 0 spiro atoms. The number of ether oxygens (including phenoxy) is 2. The van der Waals surface area contributed by atoms with Crippen molar-refractivity contribution < 1.29 is 38.1 Å². The van der Waals surface area contributed by atoms with Gasteiger partial charge in [-0.15, -0.1) is 0 Å². The Kier molecular flexibility index (Phi) is 10.5. The molecular formula is C31H29ClF2N2O6. The van der Waals surface area contributed by atoms with Crippen LogP contribution < -0.4 is 9.47 Å². The molecule has 2 N–H and O–H groups in total. The number of halogens is 3. The molecule has 0 radical (unpaired) electrons. The number of fused-ring (bicyclic) bond motifs is 1. The van der Waals surface area contributed by atoms with E-state index in [4.69, 9.17) is 26.2 Å². The van der Waals surface area contributed by atoms with E-state index in [0.717, 1.165) is 28.1 Å². The van der Waals surface area contributed by atoms with Crippen molar-refractivity contribution in [2.24, 2.45) is 0 Å². The molecule has 0 saturated carbocycles. The number of para-hydroxylation sites is 1. The molecule has 2 aromatic carbocycles. The van der Waals surface area contributed by atoms with Crippen LogP contribution in [-0.4, -0.2) is 44.9 Å². The molecule has 11 heteroatoms. The molecule has 0 aliphatic carbocycles. The van der Waals surface area contributed by atoms with E-state index in [2.05, 4.69) is 4.98 Å². The lowest BCUT2D eigenvalue weighted by atomic mass is 10.0. The Morgan fingerprint density at radius 1 is 0.976 bits per heavy atom. The van der Waals surface area contributed by atoms with Gasteiger partial charge in [-0.1, -0.05) is 35.9 Å². The monoisotopic (exact) mass is 598 g/mol. The molecule has 4 rings (SSSR count). The fraction of sp³-hybridized carbons (Fsp3) is 0.258. The highest BCUT2D eigenvalue weighted by Crippen LogP contribution is 2.29. The molecule has 0 saturated heterocycles. The number of aryl methyl sites for hydroxylation is 1. The zero-order chi connectivity index (χ0) is 30.1. The molecule has 42 heavy (non-hydrogen) atoms. The van der Waals surface area contributed by atoms with Crippen molar-refractivity contribution in [1.29, 1.82) is 0 Å². The van der Waals surface area contributed by atoms with Crippen LogP contribution >= 0.6 is 11.6 Å². The highest BCUT2D eigenvalue weighted by Gasteiger charge is 2.14. The minimum atomic E-state index is -0.973. The van der Waals surface area contributed by atoms with Gasteiger partial charge in [0.05, 0.1) is 30.6 Å². The SMILES string of the molecule is O=C(O)CCCc1cn(CC(=O)O)c2c(/C=C/c3ccc(OCCCCOc4cc(F)cc(F)c4Cl)cn3)cccc12. The van der Waals surface area contributed by atoms with Crippen molar-refractivity contribution in [2.45, 2.75) is 38.6 Å². The van der Waals surface area contributed by atoms with Gasteiger partial charge in [0.25, 0.3) is 0 Å². The lowest BCUT2D eigenvalue weighted by Crippen LogP contribution is -2.07. The second kappa shape index (κ2) is 14.5. The first-order valence-corrected chi connectivity index (χ1v) is 13.7. The summed E-state index contributed by atoms with van der Waals surface area (Å²) in [5.41, 5.74) is 3.14. The van der Waals surface area contributed by atoms with Gasteiger partial charge in [0.15, 0.2) is 0 Å². The number of benzene rings is 2. The van der Waals surface area contributed by atoms with E-state index in [1.54, 1.807) is 29.1 Å². The maximum absolute atomic E-state index is 13.5. The van der Waals surface area contributed by atoms with Gasteiger partial charge in [0.1, 0.15) is 34.7 Å². The molecule has 0 bridgehead atoms. The normalized spacial score (nSPS) is 11.3. The summed E-state index contributed by atoms with van der Waals surface area (Å²) in [5.74, 6) is -2.93. The Bertz CT molecular complexity index is 1590. The molecule has 0 fully saturated rings. The molecule has 220 valence electrons. The number of aliphatic carboxylic acids is 2. The number of carboxylic acids is 2. The highest BCUT2D eigenvalue weighted by molar-refractivity contribution is 6.32. The fourth-order valence-corrected chi connectivity index (χ4v) is 4.63. The van der Waals surface area contributed by atoms with Crippen LogP contribution in [0.15, 0.2) is 54.9 Å². The standard InChI is InChI=1S/C31H29ClF2N2O6/c32-30-26(34)15-22(33)16-27(30)42-14-2-1-13-41-24-12-11-23(35-17-24)10-9-20-5-3-7-25-21(6-4-8-28(37)38)18-36(31(20)25)19-29(39)40/h3,5,7,9-12,15-18H,1-2,4,6,8,13-14,19H2,(H,37,38)(H,39,40)/b10-9+. The summed E-state index contributed by atoms with van der Waals surface area (Å²) in [5, 5.41) is 19.0. The molecular weight excluding hydrogens is 570 g/mol. The lowest BCUT2D eigenvalue weighted by Gasteiger charge is -2.09. The number of nitrogens with zero attached hydrogens (tertiary/aromatic N) is 2. The van der Waals surface area contributed by atoms with E-state index in [1.807, 2.05) is 30.4 Å². The number of aromatic nitrogens is 2. The molecule has 0 aliphatic rings. The number of unbranched alkanes of at least 4 members (excludes halogenated alkanes) is 1. The summed E-state index contributed by atoms with van der Waals surface area (Å²) in [6, 6.07) is 11.0. The number of pyridine rings is 1. The van der Waals surface area contributed by atoms with Crippen molar-refractivity contribution in [1.82, 2.24) is 9.55 Å². The Balaban J connectivity index is 1.33. The molecule has 0 atom stereocenters. The summed E-state index contributed by atoms with van der Waals surface area (Å²) in [7, 11) is 0. The van der Waals surface area contributed by atoms with E-state index < -0.39 is 23.6 Å². The molecule has 0 unspecified atom stereocenters. The van der Waals surface area contributed by atoms with E-state index in [1.165, 1.54) is 0 Å². The van der Waals surface area contributed by atoms with Gasteiger partial charge in [-0.05, 0) is 55.0 Å². The third-order valence-electron chi connectivity index (χ3n) is 6.37. The Morgan fingerprint density at radius 3 is 2.48 bits per heavy atom. The van der Waals surface area contributed by atoms with E-state index >= 15 is 0 Å². The molecule has 4 aromatic rings. The Morgan fingerprint density at radius 2 is 1.76 bits per heavy atom. The average Bonchev–Trinajstić information content (AvgIpc) is 3.29. The lowest BCUT2D eigenvalue weighted by molar-refractivity contribution is -0.138. The number of carboxylic acid groups (broad SMARTS) is 2. The average molecular weight is 599 g/mol. The Labute approximate surface area is 245 Å². The maximum atomic E-state index is 13.5. The van der Waals surface area contributed by atoms with Gasteiger partial charge in [-0.3, -0.25) is 14.6 Å². The minimum Gasteiger partial charge on any atom is -0.492 e. The van der Waals surface area contributed by atoms with Gasteiger partial charge < -0.3 is 24.3 Å². The van der Waals surface area contributed by atoms with Crippen LogP contribution in [0.4, 0.5) is 8.78 Å². The van der Waals surface area contributed by atoms with Gasteiger partial charge >= 0.3 is 11.9 Å². The largest absolute Gasteiger partial charge is 0.492 e. The van der Waals surface area contributed by atoms with Crippen LogP contribution in [0.25, 0.3) is 23.1 Å².